The van der Waals surface area contributed by atoms with Gasteiger partial charge in [-0.2, -0.15) is 13.2 Å². The van der Waals surface area contributed by atoms with Crippen LogP contribution in [0.5, 0.6) is 5.75 Å². The van der Waals surface area contributed by atoms with Crippen molar-refractivity contribution < 1.29 is 35.9 Å². The molecule has 0 atom stereocenters. The molecule has 0 radical (unpaired) electrons. The molecule has 0 bridgehead atoms. The van der Waals surface area contributed by atoms with Gasteiger partial charge in [0.05, 0.1) is 10.5 Å². The zero-order valence-electron chi connectivity index (χ0n) is 18.2. The summed E-state index contributed by atoms with van der Waals surface area (Å²) in [5.74, 6) is -0.551. The molecule has 12 heteroatoms. The molecule has 3 aromatic rings. The van der Waals surface area contributed by atoms with E-state index in [1.165, 1.54) is 37.3 Å². The second kappa shape index (κ2) is 10.5. The second-order valence-electron chi connectivity index (χ2n) is 7.25. The first-order valence-electron chi connectivity index (χ1n) is 10.0. The highest BCUT2D eigenvalue weighted by molar-refractivity contribution is 7.92. The van der Waals surface area contributed by atoms with Crippen LogP contribution >= 0.6 is 0 Å². The van der Waals surface area contributed by atoms with E-state index in [2.05, 4.69) is 15.4 Å². The fraction of sp³-hybridized carbons (Fsp3) is 0.130. The van der Waals surface area contributed by atoms with Crippen LogP contribution in [-0.2, 0) is 25.8 Å². The van der Waals surface area contributed by atoms with Gasteiger partial charge in [0.2, 0.25) is 5.91 Å². The smallest absolute Gasteiger partial charge is 0.416 e. The van der Waals surface area contributed by atoms with Crippen LogP contribution in [-0.4, -0.2) is 26.8 Å². The molecule has 0 aliphatic carbocycles. The van der Waals surface area contributed by atoms with Gasteiger partial charge >= 0.3 is 6.18 Å². The van der Waals surface area contributed by atoms with Gasteiger partial charge in [0.25, 0.3) is 15.9 Å². The highest BCUT2D eigenvalue weighted by Gasteiger charge is 2.30. The van der Waals surface area contributed by atoms with E-state index in [0.717, 1.165) is 12.1 Å². The SMILES string of the molecule is CC(=O)Nc1cccc(NC(=O)COc2ccc(S(=O)(=O)Nc3cccc(C(F)(F)F)c3)cc2)c1. The van der Waals surface area contributed by atoms with Gasteiger partial charge in [-0.05, 0) is 60.7 Å². The van der Waals surface area contributed by atoms with Gasteiger partial charge in [0.15, 0.2) is 6.61 Å². The Morgan fingerprint density at radius 1 is 0.857 bits per heavy atom. The average Bonchev–Trinajstić information content (AvgIpc) is 2.77. The van der Waals surface area contributed by atoms with Crippen molar-refractivity contribution in [1.82, 2.24) is 0 Å². The Balaban J connectivity index is 1.59. The lowest BCUT2D eigenvalue weighted by molar-refractivity contribution is -0.137. The summed E-state index contributed by atoms with van der Waals surface area (Å²) in [7, 11) is -4.16. The molecule has 3 rings (SSSR count). The predicted molar refractivity (Wildman–Crippen MR) is 124 cm³/mol. The van der Waals surface area contributed by atoms with Crippen LogP contribution in [0, 0.1) is 0 Å². The van der Waals surface area contributed by atoms with E-state index in [-0.39, 0.29) is 28.8 Å². The van der Waals surface area contributed by atoms with Crippen LogP contribution in [0.15, 0.2) is 77.7 Å². The molecule has 0 unspecified atom stereocenters. The van der Waals surface area contributed by atoms with Crippen molar-refractivity contribution >= 4 is 38.9 Å². The molecular formula is C23H20F3N3O5S. The summed E-state index contributed by atoms with van der Waals surface area (Å²) in [6.45, 7) is 0.982. The maximum atomic E-state index is 12.8. The van der Waals surface area contributed by atoms with E-state index in [0.29, 0.717) is 17.4 Å². The van der Waals surface area contributed by atoms with Gasteiger partial charge in [-0.1, -0.05) is 12.1 Å². The molecule has 0 spiro atoms. The molecule has 3 N–H and O–H groups in total. The standard InChI is InChI=1S/C23H20F3N3O5S/c1-15(30)27-17-5-3-6-18(13-17)28-22(31)14-34-20-8-10-21(11-9-20)35(32,33)29-19-7-2-4-16(12-19)23(24,25)26/h2-13,29H,14H2,1H3,(H,27,30)(H,28,31). The Morgan fingerprint density at radius 3 is 2.09 bits per heavy atom. The molecule has 0 fully saturated rings. The molecule has 8 nitrogen and oxygen atoms in total. The van der Waals surface area contributed by atoms with Crippen LogP contribution in [0.25, 0.3) is 0 Å². The van der Waals surface area contributed by atoms with E-state index < -0.39 is 27.7 Å². The van der Waals surface area contributed by atoms with Crippen LogP contribution in [0.3, 0.4) is 0 Å². The first-order valence-corrected chi connectivity index (χ1v) is 11.5. The van der Waals surface area contributed by atoms with E-state index in [1.54, 1.807) is 24.3 Å². The lowest BCUT2D eigenvalue weighted by atomic mass is 10.2. The summed E-state index contributed by atoms with van der Waals surface area (Å²) < 4.78 is 71.0. The fourth-order valence-corrected chi connectivity index (χ4v) is 3.96. The number of hydrogen-bond acceptors (Lipinski definition) is 5. The van der Waals surface area contributed by atoms with Gasteiger partial charge in [-0.25, -0.2) is 8.42 Å². The zero-order valence-corrected chi connectivity index (χ0v) is 19.0. The number of benzene rings is 3. The maximum absolute atomic E-state index is 12.8. The number of anilines is 3. The number of carbonyl (C=O) groups is 2. The van der Waals surface area contributed by atoms with Crippen LogP contribution in [0.1, 0.15) is 12.5 Å². The number of alkyl halides is 3. The second-order valence-corrected chi connectivity index (χ2v) is 8.94. The molecule has 3 aromatic carbocycles. The zero-order chi connectivity index (χ0) is 25.6. The Bertz CT molecular complexity index is 1330. The summed E-state index contributed by atoms with van der Waals surface area (Å²) in [5.41, 5.74) is -0.278. The minimum absolute atomic E-state index is 0.199. The number of amides is 2. The van der Waals surface area contributed by atoms with Crippen molar-refractivity contribution in [3.8, 4) is 5.75 Å². The number of nitrogens with one attached hydrogen (secondary N) is 3. The molecule has 35 heavy (non-hydrogen) atoms. The Morgan fingerprint density at radius 2 is 1.46 bits per heavy atom. The monoisotopic (exact) mass is 507 g/mol. The molecule has 0 saturated heterocycles. The van der Waals surface area contributed by atoms with Gasteiger partial charge in [0, 0.05) is 24.0 Å². The highest BCUT2D eigenvalue weighted by Crippen LogP contribution is 2.31. The predicted octanol–water partition coefficient (Wildman–Crippen LogP) is 4.48. The Hall–Kier alpha value is -4.06. The van der Waals surface area contributed by atoms with Crippen LogP contribution < -0.4 is 20.1 Å². The van der Waals surface area contributed by atoms with Crippen molar-refractivity contribution in [3.05, 3.63) is 78.4 Å². The van der Waals surface area contributed by atoms with E-state index in [9.17, 15) is 31.2 Å². The average molecular weight is 507 g/mol. The maximum Gasteiger partial charge on any atom is 0.416 e. The van der Waals surface area contributed by atoms with E-state index in [1.807, 2.05) is 0 Å². The first-order chi connectivity index (χ1) is 16.4. The molecule has 2 amide bonds. The first kappa shape index (κ1) is 25.6. The van der Waals surface area contributed by atoms with Gasteiger partial charge in [-0.3, -0.25) is 14.3 Å². The molecule has 0 aliphatic rings. The summed E-state index contributed by atoms with van der Waals surface area (Å²) in [6.07, 6.45) is -4.61. The van der Waals surface area contributed by atoms with Crippen molar-refractivity contribution in [3.63, 3.8) is 0 Å². The number of ether oxygens (including phenoxy) is 1. The number of hydrogen-bond donors (Lipinski definition) is 3. The Kier molecular flexibility index (Phi) is 7.65. The van der Waals surface area contributed by atoms with Gasteiger partial charge in [-0.15, -0.1) is 0 Å². The third kappa shape index (κ3) is 7.47. The summed E-state index contributed by atoms with van der Waals surface area (Å²) >= 11 is 0. The molecule has 0 aromatic heterocycles. The molecular weight excluding hydrogens is 487 g/mol. The molecule has 0 aliphatic heterocycles. The lowest BCUT2D eigenvalue weighted by Crippen LogP contribution is -2.20. The molecule has 0 heterocycles. The van der Waals surface area contributed by atoms with E-state index >= 15 is 0 Å². The van der Waals surface area contributed by atoms with Crippen LogP contribution in [0.2, 0.25) is 0 Å². The minimum atomic E-state index is -4.61. The molecule has 0 saturated carbocycles. The summed E-state index contributed by atoms with van der Waals surface area (Å²) in [4.78, 5) is 23.1. The van der Waals surface area contributed by atoms with Gasteiger partial charge in [0.1, 0.15) is 5.75 Å². The third-order valence-corrected chi connectivity index (χ3v) is 5.81. The quantitative estimate of drug-likeness (QED) is 0.416. The topological polar surface area (TPSA) is 114 Å². The van der Waals surface area contributed by atoms with Crippen molar-refractivity contribution in [1.29, 1.82) is 0 Å². The van der Waals surface area contributed by atoms with E-state index in [4.69, 9.17) is 4.74 Å². The minimum Gasteiger partial charge on any atom is -0.484 e. The van der Waals surface area contributed by atoms with Crippen LogP contribution in [0.4, 0.5) is 30.2 Å². The summed E-state index contributed by atoms with van der Waals surface area (Å²) in [6, 6.07) is 15.3. The van der Waals surface area contributed by atoms with Crippen molar-refractivity contribution in [2.75, 3.05) is 22.0 Å². The Labute approximate surface area is 199 Å². The third-order valence-electron chi connectivity index (χ3n) is 4.41. The molecule has 184 valence electrons. The lowest BCUT2D eigenvalue weighted by Gasteiger charge is -2.12. The van der Waals surface area contributed by atoms with Crippen molar-refractivity contribution in [2.24, 2.45) is 0 Å². The number of halogens is 3. The van der Waals surface area contributed by atoms with Crippen molar-refractivity contribution in [2.45, 2.75) is 18.0 Å². The number of rotatable bonds is 8. The number of carbonyl (C=O) groups excluding carboxylic acids is 2. The fourth-order valence-electron chi connectivity index (χ4n) is 2.91. The van der Waals surface area contributed by atoms with Gasteiger partial charge < -0.3 is 15.4 Å². The highest BCUT2D eigenvalue weighted by atomic mass is 32.2. The number of sulfonamides is 1. The normalized spacial score (nSPS) is 11.4. The summed E-state index contributed by atoms with van der Waals surface area (Å²) in [5, 5.41) is 5.20. The largest absolute Gasteiger partial charge is 0.484 e.